The average Bonchev–Trinajstić information content (AvgIpc) is 2.51. The summed E-state index contributed by atoms with van der Waals surface area (Å²) >= 11 is 0. The lowest BCUT2D eigenvalue weighted by Crippen LogP contribution is -2.56. The molecule has 0 saturated carbocycles. The van der Waals surface area contributed by atoms with Crippen LogP contribution in [0.5, 0.6) is 0 Å². The lowest BCUT2D eigenvalue weighted by atomic mass is 9.87. The molecule has 2 amide bonds. The molecular formula is C13H24N2O3. The van der Waals surface area contributed by atoms with Crippen molar-refractivity contribution in [1.82, 2.24) is 10.2 Å². The Morgan fingerprint density at radius 3 is 2.22 bits per heavy atom. The SMILES string of the molecule is CC(C)(C)C(NC(=O)N1CCCC1(C)C)C(=O)O. The first-order valence-electron chi connectivity index (χ1n) is 6.36. The maximum absolute atomic E-state index is 12.2. The summed E-state index contributed by atoms with van der Waals surface area (Å²) in [7, 11) is 0. The molecule has 1 heterocycles. The highest BCUT2D eigenvalue weighted by Gasteiger charge is 2.39. The molecule has 1 rings (SSSR count). The molecule has 1 saturated heterocycles. The summed E-state index contributed by atoms with van der Waals surface area (Å²) < 4.78 is 0. The quantitative estimate of drug-likeness (QED) is 0.794. The number of hydrogen-bond acceptors (Lipinski definition) is 2. The number of likely N-dealkylation sites (tertiary alicyclic amines) is 1. The van der Waals surface area contributed by atoms with Crippen molar-refractivity contribution in [2.45, 2.75) is 59.0 Å². The summed E-state index contributed by atoms with van der Waals surface area (Å²) in [5.74, 6) is -0.993. The molecule has 104 valence electrons. The Morgan fingerprint density at radius 1 is 1.33 bits per heavy atom. The highest BCUT2D eigenvalue weighted by Crippen LogP contribution is 2.28. The number of nitrogens with one attached hydrogen (secondary N) is 1. The van der Waals surface area contributed by atoms with Gasteiger partial charge < -0.3 is 15.3 Å². The zero-order chi connectivity index (χ0) is 14.1. The Bertz CT molecular complexity index is 345. The predicted octanol–water partition coefficient (Wildman–Crippen LogP) is 2.07. The van der Waals surface area contributed by atoms with E-state index in [1.807, 2.05) is 13.8 Å². The number of hydrogen-bond donors (Lipinski definition) is 2. The second kappa shape index (κ2) is 4.78. The van der Waals surface area contributed by atoms with Crippen molar-refractivity contribution in [1.29, 1.82) is 0 Å². The maximum atomic E-state index is 12.2. The summed E-state index contributed by atoms with van der Waals surface area (Å²) in [5, 5.41) is 11.8. The van der Waals surface area contributed by atoms with Crippen molar-refractivity contribution in [2.75, 3.05) is 6.54 Å². The monoisotopic (exact) mass is 256 g/mol. The van der Waals surface area contributed by atoms with Crippen LogP contribution in [0.3, 0.4) is 0 Å². The molecular weight excluding hydrogens is 232 g/mol. The Labute approximate surface area is 109 Å². The van der Waals surface area contributed by atoms with Gasteiger partial charge in [0, 0.05) is 12.1 Å². The van der Waals surface area contributed by atoms with Gasteiger partial charge >= 0.3 is 12.0 Å². The fourth-order valence-electron chi connectivity index (χ4n) is 2.33. The van der Waals surface area contributed by atoms with E-state index < -0.39 is 17.4 Å². The van der Waals surface area contributed by atoms with E-state index in [2.05, 4.69) is 5.32 Å². The number of carboxylic acids is 1. The van der Waals surface area contributed by atoms with Gasteiger partial charge in [0.1, 0.15) is 6.04 Å². The van der Waals surface area contributed by atoms with Gasteiger partial charge in [0.25, 0.3) is 0 Å². The van der Waals surface area contributed by atoms with Crippen molar-refractivity contribution in [3.63, 3.8) is 0 Å². The molecule has 0 radical (unpaired) electrons. The van der Waals surface area contributed by atoms with Gasteiger partial charge in [-0.2, -0.15) is 0 Å². The number of urea groups is 1. The van der Waals surface area contributed by atoms with Crippen LogP contribution in [0.25, 0.3) is 0 Å². The minimum Gasteiger partial charge on any atom is -0.480 e. The minimum atomic E-state index is -0.993. The molecule has 0 spiro atoms. The Hall–Kier alpha value is -1.26. The molecule has 0 bridgehead atoms. The number of carbonyl (C=O) groups is 2. The highest BCUT2D eigenvalue weighted by molar-refractivity contribution is 5.83. The molecule has 1 fully saturated rings. The largest absolute Gasteiger partial charge is 0.480 e. The zero-order valence-corrected chi connectivity index (χ0v) is 11.9. The number of amides is 2. The molecule has 0 aromatic carbocycles. The number of carboxylic acid groups (broad SMARTS) is 1. The maximum Gasteiger partial charge on any atom is 0.326 e. The molecule has 5 heteroatoms. The third-order valence-corrected chi connectivity index (χ3v) is 3.53. The molecule has 2 N–H and O–H groups in total. The van der Waals surface area contributed by atoms with E-state index >= 15 is 0 Å². The third-order valence-electron chi connectivity index (χ3n) is 3.53. The van der Waals surface area contributed by atoms with E-state index in [1.54, 1.807) is 25.7 Å². The highest BCUT2D eigenvalue weighted by atomic mass is 16.4. The van der Waals surface area contributed by atoms with Crippen LogP contribution in [0, 0.1) is 5.41 Å². The number of nitrogens with zero attached hydrogens (tertiary/aromatic N) is 1. The lowest BCUT2D eigenvalue weighted by Gasteiger charge is -2.35. The van der Waals surface area contributed by atoms with Crippen molar-refractivity contribution in [2.24, 2.45) is 5.41 Å². The van der Waals surface area contributed by atoms with Crippen LogP contribution in [0.1, 0.15) is 47.5 Å². The summed E-state index contributed by atoms with van der Waals surface area (Å²) in [6.07, 6.45) is 1.92. The Morgan fingerprint density at radius 2 is 1.89 bits per heavy atom. The first-order chi connectivity index (χ1) is 8.05. The number of carbonyl (C=O) groups excluding carboxylic acids is 1. The molecule has 18 heavy (non-hydrogen) atoms. The van der Waals surface area contributed by atoms with E-state index in [1.165, 1.54) is 0 Å². The van der Waals surface area contributed by atoms with Crippen molar-refractivity contribution in [3.05, 3.63) is 0 Å². The second-order valence-corrected chi connectivity index (χ2v) is 6.65. The standard InChI is InChI=1S/C13H24N2O3/c1-12(2,3)9(10(16)17)14-11(18)15-8-6-7-13(15,4)5/h9H,6-8H2,1-5H3,(H,14,18)(H,16,17). The van der Waals surface area contributed by atoms with Gasteiger partial charge in [-0.05, 0) is 32.1 Å². The van der Waals surface area contributed by atoms with Crippen molar-refractivity contribution in [3.8, 4) is 0 Å². The first kappa shape index (κ1) is 14.8. The van der Waals surface area contributed by atoms with Gasteiger partial charge in [-0.1, -0.05) is 20.8 Å². The normalized spacial score (nSPS) is 20.6. The van der Waals surface area contributed by atoms with E-state index in [4.69, 9.17) is 0 Å². The minimum absolute atomic E-state index is 0.189. The molecule has 1 aliphatic heterocycles. The van der Waals surface area contributed by atoms with Crippen molar-refractivity contribution >= 4 is 12.0 Å². The molecule has 0 aromatic heterocycles. The van der Waals surface area contributed by atoms with Crippen molar-refractivity contribution < 1.29 is 14.7 Å². The van der Waals surface area contributed by atoms with E-state index in [-0.39, 0.29) is 11.6 Å². The summed E-state index contributed by atoms with van der Waals surface area (Å²) in [4.78, 5) is 25.1. The summed E-state index contributed by atoms with van der Waals surface area (Å²) in [5.41, 5.74) is -0.698. The smallest absolute Gasteiger partial charge is 0.326 e. The molecule has 5 nitrogen and oxygen atoms in total. The van der Waals surface area contributed by atoms with Gasteiger partial charge in [0.2, 0.25) is 0 Å². The van der Waals surface area contributed by atoms with Crippen LogP contribution in [0.15, 0.2) is 0 Å². The summed E-state index contributed by atoms with van der Waals surface area (Å²) in [6.45, 7) is 10.1. The van der Waals surface area contributed by atoms with Gasteiger partial charge in [-0.3, -0.25) is 0 Å². The zero-order valence-electron chi connectivity index (χ0n) is 11.9. The molecule has 0 aliphatic carbocycles. The van der Waals surface area contributed by atoms with Crippen LogP contribution >= 0.6 is 0 Å². The van der Waals surface area contributed by atoms with E-state index in [0.29, 0.717) is 6.54 Å². The summed E-state index contributed by atoms with van der Waals surface area (Å²) in [6, 6.07) is -1.15. The topological polar surface area (TPSA) is 69.6 Å². The average molecular weight is 256 g/mol. The molecule has 0 aromatic rings. The lowest BCUT2D eigenvalue weighted by molar-refractivity contribution is -0.142. The Balaban J connectivity index is 2.77. The van der Waals surface area contributed by atoms with Gasteiger partial charge in [-0.25, -0.2) is 9.59 Å². The van der Waals surface area contributed by atoms with E-state index in [9.17, 15) is 14.7 Å². The first-order valence-corrected chi connectivity index (χ1v) is 6.36. The third kappa shape index (κ3) is 3.15. The molecule has 1 unspecified atom stereocenters. The van der Waals surface area contributed by atoms with Crippen LogP contribution in [0.2, 0.25) is 0 Å². The molecule has 1 atom stereocenters. The van der Waals surface area contributed by atoms with Crippen LogP contribution < -0.4 is 5.32 Å². The fraction of sp³-hybridized carbons (Fsp3) is 0.846. The Kier molecular flexibility index (Phi) is 3.93. The van der Waals surface area contributed by atoms with Gasteiger partial charge in [-0.15, -0.1) is 0 Å². The van der Waals surface area contributed by atoms with Crippen LogP contribution in [0.4, 0.5) is 4.79 Å². The molecule has 1 aliphatic rings. The predicted molar refractivity (Wildman–Crippen MR) is 69.4 cm³/mol. The van der Waals surface area contributed by atoms with E-state index in [0.717, 1.165) is 12.8 Å². The van der Waals surface area contributed by atoms with Gasteiger partial charge in [0.15, 0.2) is 0 Å². The number of aliphatic carboxylic acids is 1. The van der Waals surface area contributed by atoms with Crippen LogP contribution in [-0.4, -0.2) is 40.1 Å². The number of rotatable bonds is 2. The fourth-order valence-corrected chi connectivity index (χ4v) is 2.33. The second-order valence-electron chi connectivity index (χ2n) is 6.65. The van der Waals surface area contributed by atoms with Crippen LogP contribution in [-0.2, 0) is 4.79 Å². The van der Waals surface area contributed by atoms with Gasteiger partial charge in [0.05, 0.1) is 0 Å².